The number of halogens is 3. The molecule has 0 spiro atoms. The van der Waals surface area contributed by atoms with Crippen LogP contribution in [0, 0.1) is 5.41 Å². The van der Waals surface area contributed by atoms with Crippen molar-refractivity contribution in [3.8, 4) is 0 Å². The van der Waals surface area contributed by atoms with Crippen molar-refractivity contribution in [2.75, 3.05) is 13.1 Å². The molecule has 0 saturated carbocycles. The Morgan fingerprint density at radius 2 is 1.81 bits per heavy atom. The Hall–Kier alpha value is -1.47. The molecule has 122 valence electrons. The van der Waals surface area contributed by atoms with Crippen molar-refractivity contribution >= 4 is 12.0 Å². The number of aliphatic carboxylic acids is 1. The number of hydrogen-bond donors (Lipinski definition) is 2. The Kier molecular flexibility index (Phi) is 4.80. The van der Waals surface area contributed by atoms with E-state index in [9.17, 15) is 22.8 Å². The summed E-state index contributed by atoms with van der Waals surface area (Å²) in [7, 11) is 0. The largest absolute Gasteiger partial charge is 0.479 e. The van der Waals surface area contributed by atoms with Gasteiger partial charge in [0.15, 0.2) is 0 Å². The summed E-state index contributed by atoms with van der Waals surface area (Å²) in [6.45, 7) is 5.08. The third kappa shape index (κ3) is 3.24. The zero-order chi connectivity index (χ0) is 16.5. The molecule has 1 aliphatic rings. The van der Waals surface area contributed by atoms with Crippen molar-refractivity contribution < 1.29 is 27.9 Å². The van der Waals surface area contributed by atoms with Crippen molar-refractivity contribution in [3.05, 3.63) is 0 Å². The summed E-state index contributed by atoms with van der Waals surface area (Å²) in [5, 5.41) is 10.4. The molecule has 0 aliphatic carbocycles. The molecule has 2 amide bonds. The second-order valence-electron chi connectivity index (χ2n) is 5.74. The molecular formula is C13H21F3N2O3. The molecule has 1 rings (SSSR count). The van der Waals surface area contributed by atoms with Crippen molar-refractivity contribution in [2.45, 2.75) is 51.7 Å². The van der Waals surface area contributed by atoms with Gasteiger partial charge in [-0.05, 0) is 31.6 Å². The number of hydrogen-bond acceptors (Lipinski definition) is 2. The van der Waals surface area contributed by atoms with E-state index in [1.165, 1.54) is 4.90 Å². The first-order chi connectivity index (χ1) is 9.51. The summed E-state index contributed by atoms with van der Waals surface area (Å²) in [6, 6.07) is -0.985. The molecule has 1 unspecified atom stereocenters. The van der Waals surface area contributed by atoms with Crippen LogP contribution in [-0.2, 0) is 4.79 Å². The van der Waals surface area contributed by atoms with Crippen molar-refractivity contribution in [1.29, 1.82) is 0 Å². The molecule has 0 radical (unpaired) electrons. The number of carboxylic acid groups (broad SMARTS) is 1. The zero-order valence-corrected chi connectivity index (χ0v) is 12.4. The Labute approximate surface area is 121 Å². The maximum Gasteiger partial charge on any atom is 0.422 e. The summed E-state index contributed by atoms with van der Waals surface area (Å²) in [5.41, 5.74) is -3.37. The number of alkyl halides is 3. The van der Waals surface area contributed by atoms with Crippen LogP contribution in [0.5, 0.6) is 0 Å². The molecule has 8 heteroatoms. The molecule has 1 atom stereocenters. The van der Waals surface area contributed by atoms with Gasteiger partial charge in [0.25, 0.3) is 0 Å². The fourth-order valence-corrected chi connectivity index (χ4v) is 2.47. The molecular weight excluding hydrogens is 289 g/mol. The van der Waals surface area contributed by atoms with E-state index in [4.69, 9.17) is 5.11 Å². The fraction of sp³-hybridized carbons (Fsp3) is 0.846. The predicted molar refractivity (Wildman–Crippen MR) is 69.8 cm³/mol. The van der Waals surface area contributed by atoms with Crippen LogP contribution < -0.4 is 5.32 Å². The molecule has 0 aromatic rings. The molecule has 1 heterocycles. The Morgan fingerprint density at radius 3 is 2.14 bits per heavy atom. The van der Waals surface area contributed by atoms with E-state index >= 15 is 0 Å². The second kappa shape index (κ2) is 5.73. The van der Waals surface area contributed by atoms with Crippen LogP contribution in [0.3, 0.4) is 0 Å². The lowest BCUT2D eigenvalue weighted by atomic mass is 9.82. The van der Waals surface area contributed by atoms with Gasteiger partial charge in [-0.3, -0.25) is 0 Å². The highest BCUT2D eigenvalue weighted by atomic mass is 19.4. The van der Waals surface area contributed by atoms with E-state index in [1.54, 1.807) is 5.32 Å². The van der Waals surface area contributed by atoms with Gasteiger partial charge in [0, 0.05) is 13.1 Å². The lowest BCUT2D eigenvalue weighted by Gasteiger charge is -2.31. The molecule has 5 nitrogen and oxygen atoms in total. The van der Waals surface area contributed by atoms with E-state index in [2.05, 4.69) is 0 Å². The van der Waals surface area contributed by atoms with Crippen molar-refractivity contribution in [3.63, 3.8) is 0 Å². The summed E-state index contributed by atoms with van der Waals surface area (Å²) >= 11 is 0. The fourth-order valence-electron chi connectivity index (χ4n) is 2.47. The normalized spacial score (nSPS) is 21.0. The minimum absolute atomic E-state index is 0.0881. The second-order valence-corrected chi connectivity index (χ2v) is 5.74. The summed E-state index contributed by atoms with van der Waals surface area (Å²) in [5.74, 6) is -2.13. The van der Waals surface area contributed by atoms with Gasteiger partial charge >= 0.3 is 18.2 Å². The summed E-state index contributed by atoms with van der Waals surface area (Å²) in [6.07, 6.45) is -2.71. The van der Waals surface area contributed by atoms with Crippen LogP contribution >= 0.6 is 0 Å². The number of carboxylic acids is 1. The molecule has 1 aliphatic heterocycles. The average molecular weight is 310 g/mol. The van der Waals surface area contributed by atoms with Gasteiger partial charge in [-0.1, -0.05) is 13.8 Å². The van der Waals surface area contributed by atoms with Crippen LogP contribution in [0.1, 0.15) is 40.0 Å². The van der Waals surface area contributed by atoms with Crippen molar-refractivity contribution in [1.82, 2.24) is 10.2 Å². The van der Waals surface area contributed by atoms with E-state index in [0.29, 0.717) is 26.4 Å². The van der Waals surface area contributed by atoms with E-state index in [1.807, 2.05) is 13.8 Å². The third-order valence-corrected chi connectivity index (χ3v) is 4.58. The molecule has 0 aromatic carbocycles. The minimum Gasteiger partial charge on any atom is -0.479 e. The van der Waals surface area contributed by atoms with Crippen LogP contribution in [-0.4, -0.2) is 46.8 Å². The first-order valence-corrected chi connectivity index (χ1v) is 6.88. The lowest BCUT2D eigenvalue weighted by molar-refractivity contribution is -0.203. The number of likely N-dealkylation sites (tertiary alicyclic amines) is 1. The third-order valence-electron chi connectivity index (χ3n) is 4.58. The lowest BCUT2D eigenvalue weighted by Crippen LogP contribution is -2.63. The maximum atomic E-state index is 12.9. The van der Waals surface area contributed by atoms with Gasteiger partial charge in [-0.25, -0.2) is 9.59 Å². The molecule has 1 fully saturated rings. The number of urea groups is 1. The Balaban J connectivity index is 2.84. The quantitative estimate of drug-likeness (QED) is 0.838. The van der Waals surface area contributed by atoms with Gasteiger partial charge in [0.2, 0.25) is 5.54 Å². The minimum atomic E-state index is -5.07. The van der Waals surface area contributed by atoms with Crippen molar-refractivity contribution in [2.24, 2.45) is 5.41 Å². The van der Waals surface area contributed by atoms with Gasteiger partial charge in [-0.15, -0.1) is 0 Å². The zero-order valence-electron chi connectivity index (χ0n) is 12.4. The molecule has 0 bridgehead atoms. The first kappa shape index (κ1) is 17.6. The maximum absolute atomic E-state index is 12.9. The van der Waals surface area contributed by atoms with Gasteiger partial charge in [0.1, 0.15) is 0 Å². The van der Waals surface area contributed by atoms with Gasteiger partial charge in [-0.2, -0.15) is 13.2 Å². The number of nitrogens with zero attached hydrogens (tertiary/aromatic N) is 1. The molecule has 2 N–H and O–H groups in total. The van der Waals surface area contributed by atoms with Crippen LogP contribution in [0.4, 0.5) is 18.0 Å². The van der Waals surface area contributed by atoms with Crippen LogP contribution in [0.2, 0.25) is 0 Å². The summed E-state index contributed by atoms with van der Waals surface area (Å²) < 4.78 is 38.6. The van der Waals surface area contributed by atoms with Crippen LogP contribution in [0.15, 0.2) is 0 Å². The average Bonchev–Trinajstić information content (AvgIpc) is 2.82. The van der Waals surface area contributed by atoms with E-state index in [-0.39, 0.29) is 5.41 Å². The summed E-state index contributed by atoms with van der Waals surface area (Å²) in [4.78, 5) is 24.2. The number of amides is 2. The topological polar surface area (TPSA) is 69.6 Å². The monoisotopic (exact) mass is 310 g/mol. The van der Waals surface area contributed by atoms with Gasteiger partial charge in [0.05, 0.1) is 0 Å². The predicted octanol–water partition coefficient (Wildman–Crippen LogP) is 2.61. The highest BCUT2D eigenvalue weighted by Gasteiger charge is 2.59. The Bertz CT molecular complexity index is 421. The van der Waals surface area contributed by atoms with Gasteiger partial charge < -0.3 is 15.3 Å². The SMILES string of the molecule is CCC1(CC)CCN(C(=O)NC(C)(C(=O)O)C(F)(F)F)C1. The number of carbonyl (C=O) groups is 2. The molecule has 0 aromatic heterocycles. The highest BCUT2D eigenvalue weighted by Crippen LogP contribution is 2.37. The van der Waals surface area contributed by atoms with E-state index < -0.39 is 23.7 Å². The number of rotatable bonds is 4. The van der Waals surface area contributed by atoms with E-state index in [0.717, 1.165) is 12.8 Å². The standard InChI is InChI=1S/C13H21F3N2O3/c1-4-12(5-2)6-7-18(8-12)10(21)17-11(3,9(19)20)13(14,15)16/h4-8H2,1-3H3,(H,17,21)(H,19,20). The smallest absolute Gasteiger partial charge is 0.422 e. The number of carbonyl (C=O) groups excluding carboxylic acids is 1. The highest BCUT2D eigenvalue weighted by molar-refractivity contribution is 5.87. The first-order valence-electron chi connectivity index (χ1n) is 6.88. The molecule has 21 heavy (non-hydrogen) atoms. The number of nitrogens with one attached hydrogen (secondary N) is 1. The molecule has 1 saturated heterocycles. The Morgan fingerprint density at radius 1 is 1.29 bits per heavy atom. The van der Waals surface area contributed by atoms with Crippen LogP contribution in [0.25, 0.3) is 0 Å².